The Labute approximate surface area is 159 Å². The van der Waals surface area contributed by atoms with Gasteiger partial charge >= 0.3 is 5.97 Å². The number of hydrogen-bond acceptors (Lipinski definition) is 4. The van der Waals surface area contributed by atoms with Crippen LogP contribution >= 0.6 is 0 Å². The summed E-state index contributed by atoms with van der Waals surface area (Å²) in [7, 11) is 0. The number of carbonyl (C=O) groups excluding carboxylic acids is 1. The van der Waals surface area contributed by atoms with Gasteiger partial charge in [0.25, 0.3) is 0 Å². The summed E-state index contributed by atoms with van der Waals surface area (Å²) in [6.07, 6.45) is 5.02. The third-order valence-electron chi connectivity index (χ3n) is 4.02. The fraction of sp³-hybridized carbons (Fsp3) is 0.217. The third kappa shape index (κ3) is 5.68. The van der Waals surface area contributed by atoms with Crippen molar-refractivity contribution in [3.05, 3.63) is 71.9 Å². The highest BCUT2D eigenvalue weighted by Crippen LogP contribution is 2.17. The average Bonchev–Trinajstić information content (AvgIpc) is 2.70. The molecule has 0 bridgehead atoms. The van der Waals surface area contributed by atoms with Crippen molar-refractivity contribution in [1.82, 2.24) is 4.98 Å². The minimum absolute atomic E-state index is 0.180. The normalized spacial score (nSPS) is 11.0. The predicted molar refractivity (Wildman–Crippen MR) is 108 cm³/mol. The fourth-order valence-electron chi connectivity index (χ4n) is 2.70. The van der Waals surface area contributed by atoms with E-state index in [2.05, 4.69) is 17.1 Å². The first-order chi connectivity index (χ1) is 13.2. The summed E-state index contributed by atoms with van der Waals surface area (Å²) in [6, 6.07) is 20.0. The number of rotatable bonds is 8. The van der Waals surface area contributed by atoms with Crippen LogP contribution in [-0.2, 0) is 9.53 Å². The SMILES string of the molecule is CCOC(=O)CCCOc1cccc(/C=C/c2ccc3ccccc3n2)c1. The van der Waals surface area contributed by atoms with Gasteiger partial charge in [-0.3, -0.25) is 4.79 Å². The van der Waals surface area contributed by atoms with Gasteiger partial charge in [0.2, 0.25) is 0 Å². The van der Waals surface area contributed by atoms with E-state index < -0.39 is 0 Å². The lowest BCUT2D eigenvalue weighted by molar-refractivity contribution is -0.143. The van der Waals surface area contributed by atoms with Crippen LogP contribution in [0, 0.1) is 0 Å². The van der Waals surface area contributed by atoms with Crippen LogP contribution in [0.15, 0.2) is 60.7 Å². The maximum Gasteiger partial charge on any atom is 0.305 e. The van der Waals surface area contributed by atoms with Crippen molar-refractivity contribution < 1.29 is 14.3 Å². The molecular weight excluding hydrogens is 338 g/mol. The van der Waals surface area contributed by atoms with Crippen molar-refractivity contribution >= 4 is 29.0 Å². The topological polar surface area (TPSA) is 48.4 Å². The number of hydrogen-bond donors (Lipinski definition) is 0. The molecule has 0 atom stereocenters. The minimum atomic E-state index is -0.180. The molecule has 0 radical (unpaired) electrons. The van der Waals surface area contributed by atoms with Crippen LogP contribution in [0.3, 0.4) is 0 Å². The van der Waals surface area contributed by atoms with Crippen molar-refractivity contribution in [2.75, 3.05) is 13.2 Å². The van der Waals surface area contributed by atoms with Gasteiger partial charge in [-0.1, -0.05) is 42.5 Å². The van der Waals surface area contributed by atoms with E-state index in [1.807, 2.05) is 60.7 Å². The Kier molecular flexibility index (Phi) is 6.58. The number of esters is 1. The maximum absolute atomic E-state index is 11.3. The van der Waals surface area contributed by atoms with Crippen LogP contribution < -0.4 is 4.74 Å². The predicted octanol–water partition coefficient (Wildman–Crippen LogP) is 5.13. The Balaban J connectivity index is 1.57. The van der Waals surface area contributed by atoms with Crippen LogP contribution in [0.1, 0.15) is 31.0 Å². The van der Waals surface area contributed by atoms with E-state index in [1.54, 1.807) is 6.92 Å². The number of benzene rings is 2. The highest BCUT2D eigenvalue weighted by molar-refractivity contribution is 5.80. The number of ether oxygens (including phenoxy) is 2. The molecule has 3 rings (SSSR count). The summed E-state index contributed by atoms with van der Waals surface area (Å²) in [5, 5.41) is 1.13. The monoisotopic (exact) mass is 361 g/mol. The lowest BCUT2D eigenvalue weighted by atomic mass is 10.1. The molecule has 4 nitrogen and oxygen atoms in total. The van der Waals surface area contributed by atoms with Gasteiger partial charge in [-0.25, -0.2) is 4.98 Å². The molecule has 3 aromatic rings. The number of para-hydroxylation sites is 1. The highest BCUT2D eigenvalue weighted by atomic mass is 16.5. The first kappa shape index (κ1) is 18.6. The summed E-state index contributed by atoms with van der Waals surface area (Å²) >= 11 is 0. The second kappa shape index (κ2) is 9.53. The molecule has 1 heterocycles. The van der Waals surface area contributed by atoms with E-state index in [4.69, 9.17) is 9.47 Å². The summed E-state index contributed by atoms with van der Waals surface area (Å²) < 4.78 is 10.6. The molecular formula is C23H23NO3. The smallest absolute Gasteiger partial charge is 0.305 e. The Hall–Kier alpha value is -3.14. The molecule has 27 heavy (non-hydrogen) atoms. The lowest BCUT2D eigenvalue weighted by Gasteiger charge is -2.07. The number of carbonyl (C=O) groups is 1. The highest BCUT2D eigenvalue weighted by Gasteiger charge is 2.02. The van der Waals surface area contributed by atoms with Gasteiger partial charge in [0.1, 0.15) is 5.75 Å². The van der Waals surface area contributed by atoms with Crippen molar-refractivity contribution in [2.24, 2.45) is 0 Å². The average molecular weight is 361 g/mol. The molecule has 0 fully saturated rings. The van der Waals surface area contributed by atoms with Gasteiger partial charge in [-0.05, 0) is 49.2 Å². The molecule has 1 aromatic heterocycles. The molecule has 0 aliphatic carbocycles. The first-order valence-corrected chi connectivity index (χ1v) is 9.17. The number of aromatic nitrogens is 1. The van der Waals surface area contributed by atoms with Gasteiger partial charge in [0, 0.05) is 11.8 Å². The van der Waals surface area contributed by atoms with E-state index in [0.29, 0.717) is 26.1 Å². The molecule has 2 aromatic carbocycles. The van der Waals surface area contributed by atoms with Crippen LogP contribution in [0.25, 0.3) is 23.1 Å². The van der Waals surface area contributed by atoms with Crippen LogP contribution in [0.4, 0.5) is 0 Å². The summed E-state index contributed by atoms with van der Waals surface area (Å²) in [6.45, 7) is 2.71. The van der Waals surface area contributed by atoms with E-state index in [0.717, 1.165) is 27.9 Å². The molecule has 0 aliphatic rings. The van der Waals surface area contributed by atoms with Crippen molar-refractivity contribution in [3.8, 4) is 5.75 Å². The maximum atomic E-state index is 11.3. The Bertz CT molecular complexity index is 934. The van der Waals surface area contributed by atoms with E-state index in [-0.39, 0.29) is 5.97 Å². The first-order valence-electron chi connectivity index (χ1n) is 9.17. The molecule has 0 saturated heterocycles. The van der Waals surface area contributed by atoms with Gasteiger partial charge in [-0.15, -0.1) is 0 Å². The van der Waals surface area contributed by atoms with Gasteiger partial charge < -0.3 is 9.47 Å². The molecule has 0 saturated carbocycles. The van der Waals surface area contributed by atoms with Gasteiger partial charge in [0.15, 0.2) is 0 Å². The van der Waals surface area contributed by atoms with E-state index in [1.165, 1.54) is 0 Å². The lowest BCUT2D eigenvalue weighted by Crippen LogP contribution is -2.06. The Morgan fingerprint density at radius 1 is 1.04 bits per heavy atom. The Morgan fingerprint density at radius 3 is 2.81 bits per heavy atom. The fourth-order valence-corrected chi connectivity index (χ4v) is 2.70. The zero-order valence-electron chi connectivity index (χ0n) is 15.4. The third-order valence-corrected chi connectivity index (χ3v) is 4.02. The minimum Gasteiger partial charge on any atom is -0.494 e. The molecule has 0 N–H and O–H groups in total. The summed E-state index contributed by atoms with van der Waals surface area (Å²) in [5.41, 5.74) is 2.93. The number of nitrogens with zero attached hydrogens (tertiary/aromatic N) is 1. The van der Waals surface area contributed by atoms with E-state index >= 15 is 0 Å². The second-order valence-electron chi connectivity index (χ2n) is 6.09. The summed E-state index contributed by atoms with van der Waals surface area (Å²) in [5.74, 6) is 0.605. The van der Waals surface area contributed by atoms with Crippen LogP contribution in [0.5, 0.6) is 5.75 Å². The van der Waals surface area contributed by atoms with Crippen LogP contribution in [0.2, 0.25) is 0 Å². The largest absolute Gasteiger partial charge is 0.494 e. The van der Waals surface area contributed by atoms with E-state index in [9.17, 15) is 4.79 Å². The zero-order chi connectivity index (χ0) is 18.9. The second-order valence-corrected chi connectivity index (χ2v) is 6.09. The molecule has 0 amide bonds. The zero-order valence-corrected chi connectivity index (χ0v) is 15.4. The van der Waals surface area contributed by atoms with Crippen LogP contribution in [-0.4, -0.2) is 24.2 Å². The van der Waals surface area contributed by atoms with Crippen molar-refractivity contribution in [2.45, 2.75) is 19.8 Å². The molecule has 138 valence electrons. The molecule has 4 heteroatoms. The molecule has 0 unspecified atom stereocenters. The Morgan fingerprint density at radius 2 is 1.93 bits per heavy atom. The van der Waals surface area contributed by atoms with Crippen molar-refractivity contribution in [1.29, 1.82) is 0 Å². The van der Waals surface area contributed by atoms with Gasteiger partial charge in [-0.2, -0.15) is 0 Å². The van der Waals surface area contributed by atoms with Crippen molar-refractivity contribution in [3.63, 3.8) is 0 Å². The summed E-state index contributed by atoms with van der Waals surface area (Å²) in [4.78, 5) is 16.0. The molecule has 0 aliphatic heterocycles. The quantitative estimate of drug-likeness (QED) is 0.412. The number of fused-ring (bicyclic) bond motifs is 1. The standard InChI is InChI=1S/C23H23NO3/c1-2-26-23(25)11-6-16-27-21-9-5-7-18(17-21)12-14-20-15-13-19-8-3-4-10-22(19)24-20/h3-5,7-10,12-15,17H,2,6,11,16H2,1H3/b14-12+. The molecule has 0 spiro atoms. The number of pyridine rings is 1. The van der Waals surface area contributed by atoms with Gasteiger partial charge in [0.05, 0.1) is 24.4 Å².